The van der Waals surface area contributed by atoms with Gasteiger partial charge in [-0.2, -0.15) is 4.39 Å². The molecule has 2 atom stereocenters. The first-order valence-corrected chi connectivity index (χ1v) is 7.52. The molecule has 0 aliphatic carbocycles. The van der Waals surface area contributed by atoms with Gasteiger partial charge in [0, 0.05) is 26.3 Å². The van der Waals surface area contributed by atoms with Gasteiger partial charge in [-0.3, -0.25) is 0 Å². The summed E-state index contributed by atoms with van der Waals surface area (Å²) in [6.07, 6.45) is 1.41. The average molecular weight is 326 g/mol. The van der Waals surface area contributed by atoms with Gasteiger partial charge in [0.25, 0.3) is 0 Å². The number of anilines is 1. The molecule has 1 aromatic heterocycles. The third-order valence-corrected chi connectivity index (χ3v) is 3.50. The van der Waals surface area contributed by atoms with E-state index >= 15 is 0 Å². The lowest BCUT2D eigenvalue weighted by atomic mass is 10.2. The lowest BCUT2D eigenvalue weighted by molar-refractivity contribution is 0.0522. The standard InChI is InChI=1S/C15H23FN4O3/c1-15(2,3)23-14(21)17-7-10-5-11(22-4)8-20(10)13-6-12(16)18-9-19-13/h6,9-11H,5,7-8H2,1-4H3,(H,17,21)/t10-,11-/m0/s1. The quantitative estimate of drug-likeness (QED) is 0.849. The number of carbonyl (C=O) groups excluding carboxylic acids is 1. The number of carbonyl (C=O) groups is 1. The van der Waals surface area contributed by atoms with E-state index in [9.17, 15) is 9.18 Å². The third kappa shape index (κ3) is 5.02. The molecule has 2 rings (SSSR count). The zero-order chi connectivity index (χ0) is 17.0. The third-order valence-electron chi connectivity index (χ3n) is 3.50. The highest BCUT2D eigenvalue weighted by Crippen LogP contribution is 2.25. The molecular weight excluding hydrogens is 303 g/mol. The van der Waals surface area contributed by atoms with Crippen molar-refractivity contribution in [2.75, 3.05) is 25.1 Å². The molecule has 0 radical (unpaired) electrons. The van der Waals surface area contributed by atoms with Gasteiger partial charge in [-0.1, -0.05) is 0 Å². The van der Waals surface area contributed by atoms with E-state index in [1.54, 1.807) is 27.9 Å². The van der Waals surface area contributed by atoms with Crippen LogP contribution in [0.3, 0.4) is 0 Å². The maximum Gasteiger partial charge on any atom is 0.407 e. The smallest absolute Gasteiger partial charge is 0.407 e. The van der Waals surface area contributed by atoms with Gasteiger partial charge in [0.15, 0.2) is 0 Å². The van der Waals surface area contributed by atoms with Gasteiger partial charge in [0.1, 0.15) is 17.7 Å². The molecule has 8 heteroatoms. The fourth-order valence-electron chi connectivity index (χ4n) is 2.52. The van der Waals surface area contributed by atoms with Crippen LogP contribution in [0.5, 0.6) is 0 Å². The molecule has 7 nitrogen and oxygen atoms in total. The summed E-state index contributed by atoms with van der Waals surface area (Å²) in [5, 5.41) is 2.74. The van der Waals surface area contributed by atoms with Gasteiger partial charge < -0.3 is 19.7 Å². The Hall–Kier alpha value is -1.96. The molecule has 1 aromatic rings. The van der Waals surface area contributed by atoms with E-state index in [2.05, 4.69) is 15.3 Å². The summed E-state index contributed by atoms with van der Waals surface area (Å²) in [4.78, 5) is 21.3. The van der Waals surface area contributed by atoms with E-state index in [1.807, 2.05) is 4.90 Å². The highest BCUT2D eigenvalue weighted by molar-refractivity contribution is 5.67. The Kier molecular flexibility index (Phi) is 5.35. The summed E-state index contributed by atoms with van der Waals surface area (Å²) in [5.74, 6) is -0.109. The lowest BCUT2D eigenvalue weighted by Crippen LogP contribution is -2.42. The Morgan fingerprint density at radius 3 is 2.83 bits per heavy atom. The van der Waals surface area contributed by atoms with Crippen LogP contribution in [-0.4, -0.2) is 54.0 Å². The summed E-state index contributed by atoms with van der Waals surface area (Å²) in [7, 11) is 1.63. The molecule has 1 aliphatic rings. The van der Waals surface area contributed by atoms with Gasteiger partial charge in [0.05, 0.1) is 12.1 Å². The van der Waals surface area contributed by atoms with Gasteiger partial charge in [0.2, 0.25) is 5.95 Å². The number of hydrogen-bond acceptors (Lipinski definition) is 6. The molecule has 0 bridgehead atoms. The monoisotopic (exact) mass is 326 g/mol. The van der Waals surface area contributed by atoms with Crippen LogP contribution in [0.1, 0.15) is 27.2 Å². The van der Waals surface area contributed by atoms with Crippen LogP contribution in [0.25, 0.3) is 0 Å². The Balaban J connectivity index is 2.01. The van der Waals surface area contributed by atoms with Crippen LogP contribution in [0.2, 0.25) is 0 Å². The number of methoxy groups -OCH3 is 1. The number of alkyl carbamates (subject to hydrolysis) is 1. The van der Waals surface area contributed by atoms with E-state index in [4.69, 9.17) is 9.47 Å². The second-order valence-electron chi connectivity index (χ2n) is 6.48. The highest BCUT2D eigenvalue weighted by Gasteiger charge is 2.33. The number of halogens is 1. The first-order chi connectivity index (χ1) is 10.8. The van der Waals surface area contributed by atoms with E-state index in [0.717, 1.165) is 0 Å². The minimum Gasteiger partial charge on any atom is -0.444 e. The van der Waals surface area contributed by atoms with Crippen LogP contribution in [0.4, 0.5) is 15.0 Å². The lowest BCUT2D eigenvalue weighted by Gasteiger charge is -2.26. The first-order valence-electron chi connectivity index (χ1n) is 7.52. The average Bonchev–Trinajstić information content (AvgIpc) is 2.86. The largest absolute Gasteiger partial charge is 0.444 e. The summed E-state index contributed by atoms with van der Waals surface area (Å²) in [6, 6.07) is 1.22. The minimum atomic E-state index is -0.588. The van der Waals surface area contributed by atoms with Crippen LogP contribution >= 0.6 is 0 Å². The number of hydrogen-bond donors (Lipinski definition) is 1. The van der Waals surface area contributed by atoms with Crippen molar-refractivity contribution in [3.8, 4) is 0 Å². The topological polar surface area (TPSA) is 76.6 Å². The zero-order valence-corrected chi connectivity index (χ0v) is 13.9. The number of rotatable bonds is 4. The minimum absolute atomic E-state index is 0.00142. The van der Waals surface area contributed by atoms with E-state index in [1.165, 1.54) is 12.4 Å². The molecule has 2 heterocycles. The fraction of sp³-hybridized carbons (Fsp3) is 0.667. The number of ether oxygens (including phenoxy) is 2. The van der Waals surface area contributed by atoms with Crippen LogP contribution in [0, 0.1) is 5.95 Å². The molecule has 0 saturated carbocycles. The van der Waals surface area contributed by atoms with Crippen LogP contribution in [0.15, 0.2) is 12.4 Å². The number of nitrogens with zero attached hydrogens (tertiary/aromatic N) is 3. The van der Waals surface area contributed by atoms with Crippen molar-refractivity contribution in [2.45, 2.75) is 44.9 Å². The molecule has 23 heavy (non-hydrogen) atoms. The van der Waals surface area contributed by atoms with Crippen molar-refractivity contribution < 1.29 is 18.7 Å². The molecule has 1 amide bonds. The van der Waals surface area contributed by atoms with E-state index < -0.39 is 17.6 Å². The molecular formula is C15H23FN4O3. The summed E-state index contributed by atoms with van der Waals surface area (Å²) in [6.45, 7) is 6.35. The fourth-order valence-corrected chi connectivity index (χ4v) is 2.52. The van der Waals surface area contributed by atoms with Gasteiger partial charge >= 0.3 is 6.09 Å². The number of amides is 1. The summed E-state index contributed by atoms with van der Waals surface area (Å²) < 4.78 is 23.9. The van der Waals surface area contributed by atoms with Crippen LogP contribution in [-0.2, 0) is 9.47 Å². The van der Waals surface area contributed by atoms with Crippen molar-refractivity contribution in [1.82, 2.24) is 15.3 Å². The molecule has 0 aromatic carbocycles. The Bertz CT molecular complexity index is 550. The number of nitrogens with one attached hydrogen (secondary N) is 1. The normalized spacial score (nSPS) is 21.3. The summed E-state index contributed by atoms with van der Waals surface area (Å²) >= 11 is 0. The second kappa shape index (κ2) is 7.08. The Labute approximate surface area is 135 Å². The maximum atomic E-state index is 13.3. The second-order valence-corrected chi connectivity index (χ2v) is 6.48. The van der Waals surface area contributed by atoms with Gasteiger partial charge in [-0.25, -0.2) is 14.8 Å². The van der Waals surface area contributed by atoms with Gasteiger partial charge in [-0.15, -0.1) is 0 Å². The highest BCUT2D eigenvalue weighted by atomic mass is 19.1. The number of aromatic nitrogens is 2. The molecule has 128 valence electrons. The van der Waals surface area contributed by atoms with Crippen molar-refractivity contribution >= 4 is 11.9 Å². The van der Waals surface area contributed by atoms with Crippen LogP contribution < -0.4 is 10.2 Å². The first kappa shape index (κ1) is 17.4. The predicted octanol–water partition coefficient (Wildman–Crippen LogP) is 1.73. The molecule has 0 spiro atoms. The zero-order valence-electron chi connectivity index (χ0n) is 13.9. The maximum absolute atomic E-state index is 13.3. The van der Waals surface area contributed by atoms with Crippen molar-refractivity contribution in [3.05, 3.63) is 18.3 Å². The Morgan fingerprint density at radius 1 is 1.48 bits per heavy atom. The SMILES string of the molecule is CO[C@H]1C[C@@H](CNC(=O)OC(C)(C)C)N(c2cc(F)ncn2)C1. The molecule has 0 unspecified atom stereocenters. The van der Waals surface area contributed by atoms with Crippen molar-refractivity contribution in [1.29, 1.82) is 0 Å². The molecule has 1 fully saturated rings. The van der Waals surface area contributed by atoms with E-state index in [-0.39, 0.29) is 12.1 Å². The Morgan fingerprint density at radius 2 is 2.22 bits per heavy atom. The molecule has 1 saturated heterocycles. The van der Waals surface area contributed by atoms with E-state index in [0.29, 0.717) is 25.3 Å². The van der Waals surface area contributed by atoms with Crippen molar-refractivity contribution in [2.24, 2.45) is 0 Å². The predicted molar refractivity (Wildman–Crippen MR) is 82.8 cm³/mol. The van der Waals surface area contributed by atoms with Gasteiger partial charge in [-0.05, 0) is 27.2 Å². The molecule has 1 aliphatic heterocycles. The summed E-state index contributed by atoms with van der Waals surface area (Å²) in [5.41, 5.74) is -0.551. The molecule has 1 N–H and O–H groups in total. The van der Waals surface area contributed by atoms with Crippen molar-refractivity contribution in [3.63, 3.8) is 0 Å².